The summed E-state index contributed by atoms with van der Waals surface area (Å²) >= 11 is 1.50. The molecule has 6 rings (SSSR count). The van der Waals surface area contributed by atoms with Crippen LogP contribution in [0.15, 0.2) is 10.6 Å². The first kappa shape index (κ1) is 29.7. The first-order chi connectivity index (χ1) is 20.9. The van der Waals surface area contributed by atoms with Crippen LogP contribution in [-0.2, 0) is 16.6 Å². The molecule has 12 nitrogen and oxygen atoms in total. The van der Waals surface area contributed by atoms with Gasteiger partial charge >= 0.3 is 0 Å². The zero-order valence-electron chi connectivity index (χ0n) is 25.4. The maximum absolute atomic E-state index is 9.92. The number of rotatable bonds is 8. The Hall–Kier alpha value is -3.31. The molecule has 1 aliphatic carbocycles. The van der Waals surface area contributed by atoms with E-state index >= 15 is 0 Å². The number of anilines is 3. The average molecular weight is 607 g/mol. The van der Waals surface area contributed by atoms with Gasteiger partial charge in [-0.25, -0.2) is 4.98 Å². The number of nitrogen functional groups attached to an aromatic ring is 1. The molecule has 0 radical (unpaired) electrons. The molecule has 0 unspecified atom stereocenters. The number of nitrogens with zero attached hydrogens (tertiary/aromatic N) is 8. The predicted octanol–water partition coefficient (Wildman–Crippen LogP) is 3.03. The van der Waals surface area contributed by atoms with Crippen LogP contribution in [-0.4, -0.2) is 97.1 Å². The third kappa shape index (κ3) is 5.93. The van der Waals surface area contributed by atoms with Crippen LogP contribution in [0, 0.1) is 11.3 Å². The lowest BCUT2D eigenvalue weighted by Gasteiger charge is -2.32. The van der Waals surface area contributed by atoms with Crippen LogP contribution in [0.3, 0.4) is 0 Å². The van der Waals surface area contributed by atoms with E-state index in [1.165, 1.54) is 11.3 Å². The van der Waals surface area contributed by atoms with Crippen LogP contribution in [0.4, 0.5) is 16.8 Å². The van der Waals surface area contributed by atoms with Crippen molar-refractivity contribution in [3.63, 3.8) is 0 Å². The van der Waals surface area contributed by atoms with E-state index < -0.39 is 5.41 Å². The summed E-state index contributed by atoms with van der Waals surface area (Å²) in [4.78, 5) is 23.4. The van der Waals surface area contributed by atoms with E-state index in [0.717, 1.165) is 107 Å². The Balaban J connectivity index is 1.34. The van der Waals surface area contributed by atoms with Crippen molar-refractivity contribution < 1.29 is 9.26 Å². The number of piperazine rings is 1. The highest BCUT2D eigenvalue weighted by molar-refractivity contribution is 7.16. The molecule has 0 bridgehead atoms. The first-order valence-corrected chi connectivity index (χ1v) is 16.2. The predicted molar refractivity (Wildman–Crippen MR) is 168 cm³/mol. The smallest absolute Gasteiger partial charge is 0.237 e. The maximum Gasteiger partial charge on any atom is 0.237 e. The number of hydrogen-bond acceptors (Lipinski definition) is 13. The Morgan fingerprint density at radius 1 is 1.21 bits per heavy atom. The summed E-state index contributed by atoms with van der Waals surface area (Å²) < 4.78 is 11.3. The second kappa shape index (κ2) is 12.7. The van der Waals surface area contributed by atoms with Crippen molar-refractivity contribution >= 4 is 28.1 Å². The minimum atomic E-state index is -0.583. The van der Waals surface area contributed by atoms with E-state index in [1.54, 1.807) is 7.11 Å². The summed E-state index contributed by atoms with van der Waals surface area (Å²) in [6, 6.07) is 4.56. The number of aromatic nitrogens is 4. The highest BCUT2D eigenvalue weighted by atomic mass is 32.1. The van der Waals surface area contributed by atoms with E-state index in [-0.39, 0.29) is 6.04 Å². The summed E-state index contributed by atoms with van der Waals surface area (Å²) in [7, 11) is 1.76. The van der Waals surface area contributed by atoms with Gasteiger partial charge in [0.25, 0.3) is 0 Å². The lowest BCUT2D eigenvalue weighted by molar-refractivity contribution is 0.172. The van der Waals surface area contributed by atoms with Gasteiger partial charge < -0.3 is 35.0 Å². The van der Waals surface area contributed by atoms with Crippen molar-refractivity contribution in [2.45, 2.75) is 57.4 Å². The maximum atomic E-state index is 9.92. The van der Waals surface area contributed by atoms with Crippen molar-refractivity contribution in [3.8, 4) is 17.6 Å². The lowest BCUT2D eigenvalue weighted by atomic mass is 9.72. The molecule has 2 atom stereocenters. The van der Waals surface area contributed by atoms with Gasteiger partial charge in [0.2, 0.25) is 17.7 Å². The summed E-state index contributed by atoms with van der Waals surface area (Å²) in [5.41, 5.74) is 7.80. The molecule has 0 amide bonds. The molecule has 13 heteroatoms. The lowest BCUT2D eigenvalue weighted by Crippen LogP contribution is -2.44. The van der Waals surface area contributed by atoms with Crippen molar-refractivity contribution in [2.75, 3.05) is 81.6 Å². The molecule has 2 aliphatic heterocycles. The Morgan fingerprint density at radius 3 is 2.84 bits per heavy atom. The summed E-state index contributed by atoms with van der Waals surface area (Å²) in [5, 5.41) is 18.4. The Labute approximate surface area is 257 Å². The van der Waals surface area contributed by atoms with Crippen molar-refractivity contribution in [1.29, 1.82) is 5.26 Å². The quantitative estimate of drug-likeness (QED) is 0.364. The molecular formula is C30H42N10O2S. The number of aryl methyl sites for hydroxylation is 1. The van der Waals surface area contributed by atoms with Gasteiger partial charge in [-0.2, -0.15) is 15.2 Å². The van der Waals surface area contributed by atoms with E-state index in [2.05, 4.69) is 45.1 Å². The van der Waals surface area contributed by atoms with Gasteiger partial charge in [-0.1, -0.05) is 5.16 Å². The standard InChI is InChI=1S/C30H42N10O2S/c1-20-19-38(12-6-16-41-3)11-5-13-40(20)29-34-22(17-24(35-29)39-14-9-33-10-15-39)27-36-28(42-37-27)30(2)8-4-7-23-25(30)21(18-31)26(32)43-23/h17,20,33H,4-16,19,32H2,1-3H3/t20-,30-/m0/s1. The van der Waals surface area contributed by atoms with E-state index in [9.17, 15) is 5.26 Å². The number of nitrogens with one attached hydrogen (secondary N) is 1. The molecule has 2 saturated heterocycles. The second-order valence-electron chi connectivity index (χ2n) is 12.1. The normalized spacial score (nSPS) is 23.2. The van der Waals surface area contributed by atoms with Crippen LogP contribution < -0.4 is 20.9 Å². The topological polar surface area (TPSA) is 145 Å². The number of hydrogen-bond donors (Lipinski definition) is 2. The molecule has 43 heavy (non-hydrogen) atoms. The van der Waals surface area contributed by atoms with Crippen molar-refractivity contribution in [1.82, 2.24) is 30.3 Å². The zero-order chi connectivity index (χ0) is 30.0. The molecule has 0 aromatic carbocycles. The van der Waals surface area contributed by atoms with Crippen LogP contribution in [0.5, 0.6) is 0 Å². The molecule has 0 saturated carbocycles. The molecule has 3 aliphatic rings. The first-order valence-electron chi connectivity index (χ1n) is 15.4. The summed E-state index contributed by atoms with van der Waals surface area (Å²) in [5.74, 6) is 2.52. The highest BCUT2D eigenvalue weighted by Gasteiger charge is 2.43. The average Bonchev–Trinajstić information content (AvgIpc) is 3.60. The van der Waals surface area contributed by atoms with Gasteiger partial charge in [0.05, 0.1) is 11.0 Å². The third-order valence-corrected chi connectivity index (χ3v) is 10.1. The zero-order valence-corrected chi connectivity index (χ0v) is 26.3. The molecular weight excluding hydrogens is 564 g/mol. The molecule has 230 valence electrons. The fourth-order valence-electron chi connectivity index (χ4n) is 6.76. The highest BCUT2D eigenvalue weighted by Crippen LogP contribution is 2.48. The van der Waals surface area contributed by atoms with Crippen molar-refractivity contribution in [2.24, 2.45) is 0 Å². The number of nitriles is 1. The van der Waals surface area contributed by atoms with Crippen LogP contribution in [0.1, 0.15) is 61.4 Å². The Bertz CT molecular complexity index is 1460. The second-order valence-corrected chi connectivity index (χ2v) is 13.2. The SMILES string of the molecule is COCCCN1CCCN(c2nc(-c3noc([C@@]4(C)CCCc5sc(N)c(C#N)c54)n3)cc(N3CCNCC3)n2)[C@@H](C)C1. The van der Waals surface area contributed by atoms with Gasteiger partial charge in [-0.05, 0) is 52.5 Å². The number of nitrogens with two attached hydrogens (primary N) is 1. The van der Waals surface area contributed by atoms with E-state index in [4.69, 9.17) is 29.9 Å². The molecule has 3 aromatic heterocycles. The minimum Gasteiger partial charge on any atom is -0.389 e. The molecule has 5 heterocycles. The fourth-order valence-corrected chi connectivity index (χ4v) is 7.95. The molecule has 0 spiro atoms. The van der Waals surface area contributed by atoms with Crippen LogP contribution in [0.2, 0.25) is 0 Å². The minimum absolute atomic E-state index is 0.241. The van der Waals surface area contributed by atoms with Crippen molar-refractivity contribution in [3.05, 3.63) is 28.0 Å². The Morgan fingerprint density at radius 2 is 2.05 bits per heavy atom. The third-order valence-electron chi connectivity index (χ3n) is 9.03. The molecule has 3 aromatic rings. The van der Waals surface area contributed by atoms with Gasteiger partial charge in [0, 0.05) is 82.1 Å². The van der Waals surface area contributed by atoms with Crippen LogP contribution in [0.25, 0.3) is 11.5 Å². The molecule has 2 fully saturated rings. The van der Waals surface area contributed by atoms with Crippen LogP contribution >= 0.6 is 11.3 Å². The van der Waals surface area contributed by atoms with E-state index in [1.807, 2.05) is 6.07 Å². The number of ether oxygens (including phenoxy) is 1. The van der Waals surface area contributed by atoms with E-state index in [0.29, 0.717) is 33.9 Å². The Kier molecular flexibility index (Phi) is 8.81. The van der Waals surface area contributed by atoms with Gasteiger partial charge in [0.1, 0.15) is 22.6 Å². The number of thiophene rings is 1. The summed E-state index contributed by atoms with van der Waals surface area (Å²) in [6.45, 7) is 12.5. The fraction of sp³-hybridized carbons (Fsp3) is 0.633. The number of methoxy groups -OCH3 is 1. The molecule has 3 N–H and O–H groups in total. The van der Waals surface area contributed by atoms with Gasteiger partial charge in [-0.15, -0.1) is 11.3 Å². The summed E-state index contributed by atoms with van der Waals surface area (Å²) in [6.07, 6.45) is 4.73. The van der Waals surface area contributed by atoms with Gasteiger partial charge in [0.15, 0.2) is 0 Å². The van der Waals surface area contributed by atoms with Gasteiger partial charge in [-0.3, -0.25) is 0 Å². The largest absolute Gasteiger partial charge is 0.389 e. The number of fused-ring (bicyclic) bond motifs is 1. The monoisotopic (exact) mass is 606 g/mol.